The maximum Gasteiger partial charge on any atom is 0.257 e. The number of benzene rings is 1. The maximum absolute atomic E-state index is 11.8. The Bertz CT molecular complexity index is 551. The molecule has 94 valence electrons. The van der Waals surface area contributed by atoms with E-state index >= 15 is 0 Å². The molecule has 2 aromatic rings. The highest BCUT2D eigenvalue weighted by atomic mass is 35.5. The van der Waals surface area contributed by atoms with Crippen molar-refractivity contribution in [2.45, 2.75) is 9.24 Å². The standard InChI is InChI=1S/C10H4Cl3NOS3/c11-5-1-3-6(4-2-5)16-10(15)18-9-14-7(12)8(13)17-9/h1-4H. The van der Waals surface area contributed by atoms with Gasteiger partial charge in [-0.1, -0.05) is 46.1 Å². The summed E-state index contributed by atoms with van der Waals surface area (Å²) in [4.78, 5) is 16.6. The average molecular weight is 357 g/mol. The van der Waals surface area contributed by atoms with Gasteiger partial charge in [0, 0.05) is 9.92 Å². The Kier molecular flexibility index (Phi) is 5.24. The molecule has 0 aliphatic heterocycles. The second kappa shape index (κ2) is 6.50. The van der Waals surface area contributed by atoms with Crippen molar-refractivity contribution in [1.82, 2.24) is 4.98 Å². The van der Waals surface area contributed by atoms with Gasteiger partial charge in [0.05, 0.1) is 0 Å². The van der Waals surface area contributed by atoms with Crippen molar-refractivity contribution in [2.24, 2.45) is 0 Å². The molecular formula is C10H4Cl3NOS3. The predicted molar refractivity (Wildman–Crippen MR) is 80.7 cm³/mol. The van der Waals surface area contributed by atoms with Gasteiger partial charge in [0.1, 0.15) is 4.34 Å². The van der Waals surface area contributed by atoms with Crippen molar-refractivity contribution in [1.29, 1.82) is 0 Å². The predicted octanol–water partition coefficient (Wildman–Crippen LogP) is 6.11. The van der Waals surface area contributed by atoms with Crippen LogP contribution in [0.5, 0.6) is 0 Å². The van der Waals surface area contributed by atoms with Gasteiger partial charge in [-0.2, -0.15) is 0 Å². The Labute approximate surface area is 131 Å². The van der Waals surface area contributed by atoms with Gasteiger partial charge in [-0.25, -0.2) is 4.98 Å². The highest BCUT2D eigenvalue weighted by molar-refractivity contribution is 8.39. The first-order chi connectivity index (χ1) is 8.54. The summed E-state index contributed by atoms with van der Waals surface area (Å²) < 4.78 is 0.833. The van der Waals surface area contributed by atoms with Crippen LogP contribution in [0, 0.1) is 0 Å². The van der Waals surface area contributed by atoms with E-state index in [1.54, 1.807) is 24.3 Å². The average Bonchev–Trinajstić information content (AvgIpc) is 2.61. The van der Waals surface area contributed by atoms with Crippen molar-refractivity contribution < 1.29 is 4.79 Å². The lowest BCUT2D eigenvalue weighted by Crippen LogP contribution is -1.81. The van der Waals surface area contributed by atoms with E-state index in [0.717, 1.165) is 28.4 Å². The van der Waals surface area contributed by atoms with E-state index in [1.807, 2.05) is 0 Å². The second-order valence-electron chi connectivity index (χ2n) is 2.95. The van der Waals surface area contributed by atoms with Crippen molar-refractivity contribution in [2.75, 3.05) is 0 Å². The minimum atomic E-state index is -0.0978. The largest absolute Gasteiger partial charge is 0.274 e. The normalized spacial score (nSPS) is 10.6. The summed E-state index contributed by atoms with van der Waals surface area (Å²) in [6.07, 6.45) is 0. The number of aromatic nitrogens is 1. The fraction of sp³-hybridized carbons (Fsp3) is 0. The number of hydrogen-bond acceptors (Lipinski definition) is 5. The van der Waals surface area contributed by atoms with Crippen LogP contribution in [-0.2, 0) is 0 Å². The van der Waals surface area contributed by atoms with Crippen LogP contribution in [0.25, 0.3) is 0 Å². The summed E-state index contributed by atoms with van der Waals surface area (Å²) in [5.74, 6) is 0. The Balaban J connectivity index is 1.98. The molecule has 0 aliphatic carbocycles. The van der Waals surface area contributed by atoms with Crippen molar-refractivity contribution in [3.05, 3.63) is 38.8 Å². The molecule has 1 aromatic carbocycles. The monoisotopic (exact) mass is 355 g/mol. The van der Waals surface area contributed by atoms with Gasteiger partial charge in [0.2, 0.25) is 0 Å². The number of hydrogen-bond donors (Lipinski definition) is 0. The van der Waals surface area contributed by atoms with E-state index in [9.17, 15) is 4.79 Å². The summed E-state index contributed by atoms with van der Waals surface area (Å²) in [6.45, 7) is 0. The van der Waals surface area contributed by atoms with E-state index in [1.165, 1.54) is 11.3 Å². The highest BCUT2D eigenvalue weighted by Crippen LogP contribution is 2.37. The molecule has 1 aromatic heterocycles. The van der Waals surface area contributed by atoms with Crippen LogP contribution in [-0.4, -0.2) is 9.43 Å². The summed E-state index contributed by atoms with van der Waals surface area (Å²) in [6, 6.07) is 7.04. The van der Waals surface area contributed by atoms with E-state index in [4.69, 9.17) is 34.8 Å². The molecule has 0 saturated carbocycles. The summed E-state index contributed by atoms with van der Waals surface area (Å²) in [5, 5.41) is 0.867. The molecule has 0 radical (unpaired) electrons. The van der Waals surface area contributed by atoms with Crippen LogP contribution in [0.1, 0.15) is 0 Å². The Hall–Kier alpha value is 0.0900. The van der Waals surface area contributed by atoms with E-state index < -0.39 is 0 Å². The minimum absolute atomic E-state index is 0.0978. The molecule has 0 N–H and O–H groups in total. The SMILES string of the molecule is O=C(Sc1ccc(Cl)cc1)Sc1nc(Cl)c(Cl)s1. The van der Waals surface area contributed by atoms with Crippen LogP contribution < -0.4 is 0 Å². The number of carbonyl (C=O) groups is 1. The number of thioether (sulfide) groups is 2. The molecular weight excluding hydrogens is 353 g/mol. The number of rotatable bonds is 2. The lowest BCUT2D eigenvalue weighted by atomic mass is 10.4. The van der Waals surface area contributed by atoms with Gasteiger partial charge in [-0.3, -0.25) is 4.79 Å². The Morgan fingerprint density at radius 2 is 1.78 bits per heavy atom. The van der Waals surface area contributed by atoms with Crippen LogP contribution in [0.15, 0.2) is 33.5 Å². The van der Waals surface area contributed by atoms with Crippen LogP contribution in [0.4, 0.5) is 4.79 Å². The molecule has 0 aliphatic rings. The summed E-state index contributed by atoms with van der Waals surface area (Å²) in [5.41, 5.74) is 0. The quantitative estimate of drug-likeness (QED) is 0.607. The first-order valence-electron chi connectivity index (χ1n) is 4.51. The third-order valence-corrected chi connectivity index (χ3v) is 5.60. The Morgan fingerprint density at radius 3 is 2.33 bits per heavy atom. The van der Waals surface area contributed by atoms with E-state index in [0.29, 0.717) is 13.7 Å². The number of carbonyl (C=O) groups excluding carboxylic acids is 1. The van der Waals surface area contributed by atoms with Gasteiger partial charge in [-0.05, 0) is 47.8 Å². The number of thiazole rings is 1. The van der Waals surface area contributed by atoms with Crippen molar-refractivity contribution >= 4 is 74.1 Å². The van der Waals surface area contributed by atoms with Crippen LogP contribution in [0.2, 0.25) is 14.5 Å². The smallest absolute Gasteiger partial charge is 0.257 e. The molecule has 8 heteroatoms. The van der Waals surface area contributed by atoms with Gasteiger partial charge in [-0.15, -0.1) is 0 Å². The molecule has 0 amide bonds. The van der Waals surface area contributed by atoms with E-state index in [-0.39, 0.29) is 9.60 Å². The van der Waals surface area contributed by atoms with Crippen molar-refractivity contribution in [3.63, 3.8) is 0 Å². The second-order valence-corrected chi connectivity index (χ2v) is 7.87. The molecule has 0 atom stereocenters. The molecule has 0 fully saturated rings. The minimum Gasteiger partial charge on any atom is -0.274 e. The van der Waals surface area contributed by atoms with Crippen LogP contribution in [0.3, 0.4) is 0 Å². The van der Waals surface area contributed by atoms with Gasteiger partial charge < -0.3 is 0 Å². The topological polar surface area (TPSA) is 30.0 Å². The molecule has 2 rings (SSSR count). The molecule has 2 nitrogen and oxygen atoms in total. The molecule has 1 heterocycles. The zero-order valence-corrected chi connectivity index (χ0v) is 13.2. The first kappa shape index (κ1) is 14.5. The summed E-state index contributed by atoms with van der Waals surface area (Å²) in [7, 11) is 0. The van der Waals surface area contributed by atoms with Crippen molar-refractivity contribution in [3.8, 4) is 0 Å². The fourth-order valence-corrected chi connectivity index (χ4v) is 4.48. The molecule has 0 spiro atoms. The molecule has 0 unspecified atom stereocenters. The lowest BCUT2D eigenvalue weighted by molar-refractivity contribution is 0.276. The lowest BCUT2D eigenvalue weighted by Gasteiger charge is -1.98. The van der Waals surface area contributed by atoms with Crippen LogP contribution >= 0.6 is 69.7 Å². The molecule has 18 heavy (non-hydrogen) atoms. The zero-order chi connectivity index (χ0) is 13.1. The van der Waals surface area contributed by atoms with Gasteiger partial charge in [0.25, 0.3) is 4.45 Å². The number of nitrogens with zero attached hydrogens (tertiary/aromatic N) is 1. The first-order valence-corrected chi connectivity index (χ1v) is 8.10. The van der Waals surface area contributed by atoms with Gasteiger partial charge in [0.15, 0.2) is 9.49 Å². The third kappa shape index (κ3) is 4.05. The zero-order valence-electron chi connectivity index (χ0n) is 8.52. The molecule has 0 bridgehead atoms. The van der Waals surface area contributed by atoms with Gasteiger partial charge >= 0.3 is 0 Å². The highest BCUT2D eigenvalue weighted by Gasteiger charge is 2.13. The van der Waals surface area contributed by atoms with E-state index in [2.05, 4.69) is 4.98 Å². The molecule has 0 saturated heterocycles. The fourth-order valence-electron chi connectivity index (χ4n) is 1.00. The number of halogens is 3. The summed E-state index contributed by atoms with van der Waals surface area (Å²) >= 11 is 20.5. The maximum atomic E-state index is 11.8. The third-order valence-electron chi connectivity index (χ3n) is 1.71. The Morgan fingerprint density at radius 1 is 1.11 bits per heavy atom.